The van der Waals surface area contributed by atoms with Crippen LogP contribution in [0.25, 0.3) is 0 Å². The van der Waals surface area contributed by atoms with Crippen molar-refractivity contribution < 1.29 is 18.0 Å². The van der Waals surface area contributed by atoms with Crippen molar-refractivity contribution in [2.45, 2.75) is 23.1 Å². The fourth-order valence-corrected chi connectivity index (χ4v) is 4.31. The number of carbonyl (C=O) groups is 2. The highest BCUT2D eigenvalue weighted by Gasteiger charge is 2.25. The van der Waals surface area contributed by atoms with Gasteiger partial charge in [-0.15, -0.1) is 11.3 Å². The van der Waals surface area contributed by atoms with Gasteiger partial charge in [-0.05, 0) is 17.9 Å². The summed E-state index contributed by atoms with van der Waals surface area (Å²) in [7, 11) is -2.25. The molecular formula is C12H17N3O4S2. The van der Waals surface area contributed by atoms with E-state index >= 15 is 0 Å². The number of nitrogens with one attached hydrogen (secondary N) is 2. The normalized spacial score (nSPS) is 19.3. The maximum Gasteiger partial charge on any atom is 0.252 e. The molecule has 2 heterocycles. The molecule has 1 aliphatic heterocycles. The SMILES string of the molecule is CN(CC(=O)NC1CCC(=O)NC1)S(=O)(=O)c1cccs1. The summed E-state index contributed by atoms with van der Waals surface area (Å²) < 4.78 is 25.6. The summed E-state index contributed by atoms with van der Waals surface area (Å²) >= 11 is 1.11. The van der Waals surface area contributed by atoms with Crippen LogP contribution in [-0.2, 0) is 19.6 Å². The molecule has 0 aromatic carbocycles. The van der Waals surface area contributed by atoms with Gasteiger partial charge < -0.3 is 10.6 Å². The summed E-state index contributed by atoms with van der Waals surface area (Å²) in [6, 6.07) is 3.01. The number of amides is 2. The monoisotopic (exact) mass is 331 g/mol. The molecule has 0 bridgehead atoms. The Kier molecular flexibility index (Phi) is 4.96. The van der Waals surface area contributed by atoms with Crippen molar-refractivity contribution in [2.75, 3.05) is 20.1 Å². The molecule has 2 rings (SSSR count). The standard InChI is InChI=1S/C12H17N3O4S2/c1-15(21(18,19)12-3-2-6-20-12)8-11(17)14-9-4-5-10(16)13-7-9/h2-3,6,9H,4-5,7-8H2,1H3,(H,13,16)(H,14,17). The van der Waals surface area contributed by atoms with E-state index in [0.29, 0.717) is 19.4 Å². The summed E-state index contributed by atoms with van der Waals surface area (Å²) in [6.07, 6.45) is 0.938. The van der Waals surface area contributed by atoms with E-state index in [-0.39, 0.29) is 28.6 Å². The second-order valence-electron chi connectivity index (χ2n) is 4.80. The van der Waals surface area contributed by atoms with Crippen LogP contribution in [0.1, 0.15) is 12.8 Å². The fourth-order valence-electron chi connectivity index (χ4n) is 1.98. The maximum atomic E-state index is 12.2. The number of likely N-dealkylation sites (N-methyl/N-ethyl adjacent to an activating group) is 1. The van der Waals surface area contributed by atoms with E-state index in [0.717, 1.165) is 15.6 Å². The molecule has 2 amide bonds. The Balaban J connectivity index is 1.89. The summed E-state index contributed by atoms with van der Waals surface area (Å²) in [4.78, 5) is 22.9. The third-order valence-corrected chi connectivity index (χ3v) is 6.33. The number of rotatable bonds is 5. The Morgan fingerprint density at radius 3 is 2.90 bits per heavy atom. The number of sulfonamides is 1. The molecule has 1 atom stereocenters. The first-order chi connectivity index (χ1) is 9.89. The summed E-state index contributed by atoms with van der Waals surface area (Å²) in [5.74, 6) is -0.406. The highest BCUT2D eigenvalue weighted by molar-refractivity contribution is 7.91. The summed E-state index contributed by atoms with van der Waals surface area (Å²) in [5, 5.41) is 7.06. The molecule has 1 aromatic rings. The molecule has 2 N–H and O–H groups in total. The predicted molar refractivity (Wildman–Crippen MR) is 78.3 cm³/mol. The van der Waals surface area contributed by atoms with Gasteiger partial charge in [-0.3, -0.25) is 9.59 Å². The molecule has 0 spiro atoms. The molecule has 0 aliphatic carbocycles. The molecule has 1 saturated heterocycles. The zero-order chi connectivity index (χ0) is 15.5. The molecule has 1 aliphatic rings. The van der Waals surface area contributed by atoms with Crippen molar-refractivity contribution in [3.8, 4) is 0 Å². The lowest BCUT2D eigenvalue weighted by Crippen LogP contribution is -2.50. The van der Waals surface area contributed by atoms with Crippen molar-refractivity contribution in [1.82, 2.24) is 14.9 Å². The highest BCUT2D eigenvalue weighted by atomic mass is 32.2. The minimum absolute atomic E-state index is 0.0297. The van der Waals surface area contributed by atoms with Crippen molar-refractivity contribution in [2.24, 2.45) is 0 Å². The molecule has 0 saturated carbocycles. The molecule has 9 heteroatoms. The van der Waals surface area contributed by atoms with E-state index in [1.807, 2.05) is 0 Å². The van der Waals surface area contributed by atoms with Gasteiger partial charge in [0.2, 0.25) is 11.8 Å². The van der Waals surface area contributed by atoms with E-state index in [2.05, 4.69) is 10.6 Å². The summed E-state index contributed by atoms with van der Waals surface area (Å²) in [5.41, 5.74) is 0. The van der Waals surface area contributed by atoms with Crippen molar-refractivity contribution in [3.05, 3.63) is 17.5 Å². The van der Waals surface area contributed by atoms with Crippen LogP contribution >= 0.6 is 11.3 Å². The molecule has 21 heavy (non-hydrogen) atoms. The van der Waals surface area contributed by atoms with Gasteiger partial charge in [0.15, 0.2) is 0 Å². The van der Waals surface area contributed by atoms with Crippen molar-refractivity contribution in [1.29, 1.82) is 0 Å². The van der Waals surface area contributed by atoms with Crippen LogP contribution in [-0.4, -0.2) is 50.7 Å². The molecule has 7 nitrogen and oxygen atoms in total. The van der Waals surface area contributed by atoms with Gasteiger partial charge >= 0.3 is 0 Å². The summed E-state index contributed by atoms with van der Waals surface area (Å²) in [6.45, 7) is 0.136. The lowest BCUT2D eigenvalue weighted by atomic mass is 10.1. The molecular weight excluding hydrogens is 314 g/mol. The predicted octanol–water partition coefficient (Wildman–Crippen LogP) is -0.237. The Hall–Kier alpha value is -1.45. The van der Waals surface area contributed by atoms with Gasteiger partial charge in [-0.25, -0.2) is 8.42 Å². The average molecular weight is 331 g/mol. The maximum absolute atomic E-state index is 12.2. The second-order valence-corrected chi connectivity index (χ2v) is 8.02. The lowest BCUT2D eigenvalue weighted by Gasteiger charge is -2.24. The second kappa shape index (κ2) is 6.54. The van der Waals surface area contributed by atoms with Crippen molar-refractivity contribution >= 4 is 33.2 Å². The zero-order valence-corrected chi connectivity index (χ0v) is 13.2. The molecule has 0 radical (unpaired) electrons. The highest BCUT2D eigenvalue weighted by Crippen LogP contribution is 2.19. The van der Waals surface area contributed by atoms with Gasteiger partial charge in [0.1, 0.15) is 4.21 Å². The molecule has 116 valence electrons. The number of hydrogen-bond donors (Lipinski definition) is 2. The largest absolute Gasteiger partial charge is 0.354 e. The Bertz CT molecular complexity index is 602. The third-order valence-electron chi connectivity index (χ3n) is 3.16. The third kappa shape index (κ3) is 4.02. The number of thiophene rings is 1. The number of carbonyl (C=O) groups excluding carboxylic acids is 2. The smallest absolute Gasteiger partial charge is 0.252 e. The molecule has 1 unspecified atom stereocenters. The van der Waals surface area contributed by atoms with E-state index in [9.17, 15) is 18.0 Å². The van der Waals surface area contributed by atoms with Gasteiger partial charge in [0, 0.05) is 26.1 Å². The number of nitrogens with zero attached hydrogens (tertiary/aromatic N) is 1. The van der Waals surface area contributed by atoms with E-state index in [4.69, 9.17) is 0 Å². The van der Waals surface area contributed by atoms with E-state index in [1.165, 1.54) is 13.1 Å². The quantitative estimate of drug-likeness (QED) is 0.779. The Labute approximate surface area is 127 Å². The van der Waals surface area contributed by atoms with Crippen LogP contribution in [0.3, 0.4) is 0 Å². The minimum atomic E-state index is -3.62. The van der Waals surface area contributed by atoms with E-state index in [1.54, 1.807) is 11.4 Å². The van der Waals surface area contributed by atoms with Crippen LogP contribution in [0.2, 0.25) is 0 Å². The Morgan fingerprint density at radius 1 is 1.57 bits per heavy atom. The minimum Gasteiger partial charge on any atom is -0.354 e. The van der Waals surface area contributed by atoms with Gasteiger partial charge in [-0.1, -0.05) is 6.07 Å². The van der Waals surface area contributed by atoms with Crippen LogP contribution in [0.4, 0.5) is 0 Å². The number of hydrogen-bond acceptors (Lipinski definition) is 5. The van der Waals surface area contributed by atoms with Gasteiger partial charge in [-0.2, -0.15) is 4.31 Å². The fraction of sp³-hybridized carbons (Fsp3) is 0.500. The molecule has 1 aromatic heterocycles. The lowest BCUT2D eigenvalue weighted by molar-refractivity contribution is -0.125. The van der Waals surface area contributed by atoms with Crippen LogP contribution < -0.4 is 10.6 Å². The van der Waals surface area contributed by atoms with Crippen molar-refractivity contribution in [3.63, 3.8) is 0 Å². The number of piperidine rings is 1. The molecule has 1 fully saturated rings. The topological polar surface area (TPSA) is 95.6 Å². The van der Waals surface area contributed by atoms with Gasteiger partial charge in [0.05, 0.1) is 6.54 Å². The van der Waals surface area contributed by atoms with Crippen LogP contribution in [0.5, 0.6) is 0 Å². The van der Waals surface area contributed by atoms with Crippen LogP contribution in [0, 0.1) is 0 Å². The first-order valence-corrected chi connectivity index (χ1v) is 8.77. The zero-order valence-electron chi connectivity index (χ0n) is 11.5. The van der Waals surface area contributed by atoms with Gasteiger partial charge in [0.25, 0.3) is 10.0 Å². The Morgan fingerprint density at radius 2 is 2.33 bits per heavy atom. The van der Waals surface area contributed by atoms with Crippen LogP contribution in [0.15, 0.2) is 21.7 Å². The average Bonchev–Trinajstić information content (AvgIpc) is 2.96. The van der Waals surface area contributed by atoms with E-state index < -0.39 is 10.0 Å². The first kappa shape index (κ1) is 15.9. The first-order valence-electron chi connectivity index (χ1n) is 6.45.